The molecule has 0 spiro atoms. The Bertz CT molecular complexity index is 845. The van der Waals surface area contributed by atoms with Crippen LogP contribution in [0.15, 0.2) is 29.6 Å². The highest BCUT2D eigenvalue weighted by Crippen LogP contribution is 2.39. The van der Waals surface area contributed by atoms with E-state index < -0.39 is 0 Å². The van der Waals surface area contributed by atoms with Gasteiger partial charge in [0.2, 0.25) is 5.43 Å². The monoisotopic (exact) mass is 371 g/mol. The molecule has 0 bridgehead atoms. The van der Waals surface area contributed by atoms with Gasteiger partial charge in [0.1, 0.15) is 17.3 Å². The molecule has 1 N–H and O–H groups in total. The molecule has 0 aliphatic heterocycles. The van der Waals surface area contributed by atoms with Crippen molar-refractivity contribution in [1.82, 2.24) is 4.98 Å². The zero-order chi connectivity index (χ0) is 20.0. The number of hydrogen-bond acceptors (Lipinski definition) is 4. The molecule has 0 saturated heterocycles. The van der Waals surface area contributed by atoms with Crippen molar-refractivity contribution in [3.8, 4) is 22.6 Å². The van der Waals surface area contributed by atoms with Crippen molar-refractivity contribution >= 4 is 5.76 Å². The van der Waals surface area contributed by atoms with Crippen LogP contribution in [0, 0.1) is 6.92 Å². The Kier molecular flexibility index (Phi) is 7.11. The van der Waals surface area contributed by atoms with E-state index in [9.17, 15) is 4.79 Å². The molecule has 2 rings (SSSR count). The number of ether oxygens (including phenoxy) is 3. The molecule has 0 aliphatic rings. The van der Waals surface area contributed by atoms with Crippen molar-refractivity contribution in [3.63, 3.8) is 0 Å². The third-order valence-corrected chi connectivity index (χ3v) is 4.52. The summed E-state index contributed by atoms with van der Waals surface area (Å²) in [5.74, 6) is 1.55. The van der Waals surface area contributed by atoms with Crippen molar-refractivity contribution in [1.29, 1.82) is 0 Å². The number of rotatable bonds is 9. The topological polar surface area (TPSA) is 60.6 Å². The molecule has 1 aromatic heterocycles. The highest BCUT2D eigenvalue weighted by molar-refractivity contribution is 5.81. The average molecular weight is 371 g/mol. The van der Waals surface area contributed by atoms with Gasteiger partial charge in [0.05, 0.1) is 37.5 Å². The first-order valence-corrected chi connectivity index (χ1v) is 9.29. The lowest BCUT2D eigenvalue weighted by molar-refractivity contribution is 0.298. The summed E-state index contributed by atoms with van der Waals surface area (Å²) >= 11 is 0. The van der Waals surface area contributed by atoms with Crippen molar-refractivity contribution < 1.29 is 14.2 Å². The van der Waals surface area contributed by atoms with Gasteiger partial charge in [-0.05, 0) is 38.8 Å². The zero-order valence-corrected chi connectivity index (χ0v) is 16.9. The van der Waals surface area contributed by atoms with E-state index in [0.717, 1.165) is 30.7 Å². The SMILES string of the molecule is C=C(OCC)c1c(C)[nH]c(CCCC)c(-c2c(OC)cccc2OC)c1=O. The van der Waals surface area contributed by atoms with Crippen LogP contribution in [-0.4, -0.2) is 25.8 Å². The van der Waals surface area contributed by atoms with E-state index in [1.807, 2.05) is 32.0 Å². The number of H-pyrrole nitrogens is 1. The summed E-state index contributed by atoms with van der Waals surface area (Å²) in [7, 11) is 3.18. The molecule has 0 radical (unpaired) electrons. The lowest BCUT2D eigenvalue weighted by Gasteiger charge is -2.19. The van der Waals surface area contributed by atoms with Gasteiger partial charge in [0.25, 0.3) is 0 Å². The molecule has 1 aromatic carbocycles. The molecule has 0 saturated carbocycles. The minimum Gasteiger partial charge on any atom is -0.496 e. The molecule has 0 fully saturated rings. The maximum atomic E-state index is 13.6. The van der Waals surface area contributed by atoms with E-state index >= 15 is 0 Å². The van der Waals surface area contributed by atoms with Gasteiger partial charge in [-0.15, -0.1) is 0 Å². The summed E-state index contributed by atoms with van der Waals surface area (Å²) in [5, 5.41) is 0. The van der Waals surface area contributed by atoms with Crippen LogP contribution in [0.5, 0.6) is 11.5 Å². The first-order valence-electron chi connectivity index (χ1n) is 9.29. The van der Waals surface area contributed by atoms with Gasteiger partial charge in [0.15, 0.2) is 0 Å². The molecule has 27 heavy (non-hydrogen) atoms. The van der Waals surface area contributed by atoms with Crippen LogP contribution in [0.25, 0.3) is 16.9 Å². The van der Waals surface area contributed by atoms with Crippen molar-refractivity contribution in [2.24, 2.45) is 0 Å². The molecule has 0 atom stereocenters. The molecule has 5 nitrogen and oxygen atoms in total. The number of hydrogen-bond donors (Lipinski definition) is 1. The number of pyridine rings is 1. The standard InChI is InChI=1S/C22H29NO4/c1-7-9-11-16-20(21-17(25-5)12-10-13-18(21)26-6)22(24)19(14(3)23-16)15(4)27-8-2/h10,12-13H,4,7-9,11H2,1-3,5-6H3,(H,23,24). The zero-order valence-electron chi connectivity index (χ0n) is 16.9. The molecule has 1 heterocycles. The second kappa shape index (κ2) is 9.31. The van der Waals surface area contributed by atoms with Gasteiger partial charge in [-0.25, -0.2) is 0 Å². The first-order chi connectivity index (χ1) is 13.0. The van der Waals surface area contributed by atoms with Gasteiger partial charge in [-0.1, -0.05) is 26.0 Å². The van der Waals surface area contributed by atoms with Crippen LogP contribution in [0.2, 0.25) is 0 Å². The minimum atomic E-state index is -0.126. The number of aromatic amines is 1. The number of benzene rings is 1. The molecule has 5 heteroatoms. The maximum Gasteiger partial charge on any atom is 0.201 e. The number of methoxy groups -OCH3 is 2. The van der Waals surface area contributed by atoms with E-state index in [1.165, 1.54) is 0 Å². The predicted octanol–water partition coefficient (Wildman–Crippen LogP) is 4.72. The van der Waals surface area contributed by atoms with E-state index in [1.54, 1.807) is 14.2 Å². The third kappa shape index (κ3) is 4.18. The Morgan fingerprint density at radius 1 is 1.11 bits per heavy atom. The van der Waals surface area contributed by atoms with Crippen LogP contribution in [0.3, 0.4) is 0 Å². The summed E-state index contributed by atoms with van der Waals surface area (Å²) in [4.78, 5) is 17.0. The Labute approximate surface area is 161 Å². The summed E-state index contributed by atoms with van der Waals surface area (Å²) in [6.07, 6.45) is 2.74. The van der Waals surface area contributed by atoms with Crippen LogP contribution in [0.1, 0.15) is 43.6 Å². The Morgan fingerprint density at radius 3 is 2.26 bits per heavy atom. The van der Waals surface area contributed by atoms with Crippen molar-refractivity contribution in [2.75, 3.05) is 20.8 Å². The quantitative estimate of drug-likeness (QED) is 0.648. The Morgan fingerprint density at radius 2 is 1.74 bits per heavy atom. The fourth-order valence-corrected chi connectivity index (χ4v) is 3.27. The molecule has 0 unspecified atom stereocenters. The second-order valence-corrected chi connectivity index (χ2v) is 6.30. The summed E-state index contributed by atoms with van der Waals surface area (Å²) in [6, 6.07) is 5.50. The maximum absolute atomic E-state index is 13.6. The van der Waals surface area contributed by atoms with Crippen LogP contribution in [-0.2, 0) is 11.2 Å². The van der Waals surface area contributed by atoms with E-state index in [2.05, 4.69) is 18.5 Å². The molecule has 2 aromatic rings. The smallest absolute Gasteiger partial charge is 0.201 e. The number of aryl methyl sites for hydroxylation is 2. The largest absolute Gasteiger partial charge is 0.496 e. The van der Waals surface area contributed by atoms with Gasteiger partial charge < -0.3 is 19.2 Å². The third-order valence-electron chi connectivity index (χ3n) is 4.52. The lowest BCUT2D eigenvalue weighted by Crippen LogP contribution is -2.19. The summed E-state index contributed by atoms with van der Waals surface area (Å²) < 4.78 is 16.6. The van der Waals surface area contributed by atoms with Crippen LogP contribution < -0.4 is 14.9 Å². The minimum absolute atomic E-state index is 0.126. The molecular weight excluding hydrogens is 342 g/mol. The predicted molar refractivity (Wildman–Crippen MR) is 110 cm³/mol. The van der Waals surface area contributed by atoms with Crippen molar-refractivity contribution in [3.05, 3.63) is 52.0 Å². The fraction of sp³-hybridized carbons (Fsp3) is 0.409. The second-order valence-electron chi connectivity index (χ2n) is 6.30. The van der Waals surface area contributed by atoms with E-state index in [4.69, 9.17) is 14.2 Å². The highest BCUT2D eigenvalue weighted by Gasteiger charge is 2.24. The van der Waals surface area contributed by atoms with Crippen molar-refractivity contribution in [2.45, 2.75) is 40.0 Å². The number of nitrogens with one attached hydrogen (secondary N) is 1. The first kappa shape index (κ1) is 20.6. The average Bonchev–Trinajstić information content (AvgIpc) is 2.66. The van der Waals surface area contributed by atoms with Crippen LogP contribution in [0.4, 0.5) is 0 Å². The lowest BCUT2D eigenvalue weighted by atomic mass is 9.95. The Hall–Kier alpha value is -2.69. The molecule has 0 amide bonds. The molecular formula is C22H29NO4. The molecule has 146 valence electrons. The fourth-order valence-electron chi connectivity index (χ4n) is 3.27. The van der Waals surface area contributed by atoms with Gasteiger partial charge in [-0.2, -0.15) is 0 Å². The van der Waals surface area contributed by atoms with Gasteiger partial charge in [-0.3, -0.25) is 4.79 Å². The summed E-state index contributed by atoms with van der Waals surface area (Å²) in [6.45, 7) is 10.3. The van der Waals surface area contributed by atoms with E-state index in [-0.39, 0.29) is 5.43 Å². The highest BCUT2D eigenvalue weighted by atomic mass is 16.5. The van der Waals surface area contributed by atoms with E-state index in [0.29, 0.717) is 40.6 Å². The summed E-state index contributed by atoms with van der Waals surface area (Å²) in [5.41, 5.74) is 3.16. The number of aromatic nitrogens is 1. The number of unbranched alkanes of at least 4 members (excludes halogenated alkanes) is 1. The normalized spacial score (nSPS) is 10.6. The Balaban J connectivity index is 2.86. The molecule has 0 aliphatic carbocycles. The van der Waals surface area contributed by atoms with Crippen LogP contribution >= 0.6 is 0 Å². The van der Waals surface area contributed by atoms with Gasteiger partial charge in [0, 0.05) is 11.4 Å². The van der Waals surface area contributed by atoms with Gasteiger partial charge >= 0.3 is 0 Å².